The topological polar surface area (TPSA) is 132 Å². The van der Waals surface area contributed by atoms with Crippen molar-refractivity contribution in [3.05, 3.63) is 42.1 Å². The van der Waals surface area contributed by atoms with Gasteiger partial charge < -0.3 is 34.0 Å². The summed E-state index contributed by atoms with van der Waals surface area (Å²) in [4.78, 5) is 22.9. The molecule has 2 aliphatic heterocycles. The van der Waals surface area contributed by atoms with Crippen molar-refractivity contribution in [1.29, 1.82) is 0 Å². The third kappa shape index (κ3) is 3.86. The molecule has 2 aromatic carbocycles. The fraction of sp³-hybridized carbons (Fsp3) is 0.211. The summed E-state index contributed by atoms with van der Waals surface area (Å²) in [6.07, 6.45) is 2.91. The average Bonchev–Trinajstić information content (AvgIpc) is 3.12. The van der Waals surface area contributed by atoms with Crippen molar-refractivity contribution in [2.75, 3.05) is 13.9 Å². The van der Waals surface area contributed by atoms with E-state index in [4.69, 9.17) is 33.5 Å². The molecule has 0 saturated heterocycles. The van der Waals surface area contributed by atoms with Gasteiger partial charge >= 0.3 is 0 Å². The molecule has 0 atom stereocenters. The minimum atomic E-state index is -4.89. The van der Waals surface area contributed by atoms with Gasteiger partial charge in [0.05, 0.1) is 18.1 Å². The molecule has 0 aliphatic carbocycles. The van der Waals surface area contributed by atoms with E-state index in [0.29, 0.717) is 5.75 Å². The third-order valence-corrected chi connectivity index (χ3v) is 4.82. The van der Waals surface area contributed by atoms with E-state index in [1.54, 1.807) is 13.2 Å². The average molecular weight is 419 g/mol. The Balaban J connectivity index is 0.000000369. The number of phenols is 1. The summed E-state index contributed by atoms with van der Waals surface area (Å²) in [7, 11) is -3.33. The SMILES string of the molecule is COc1ccc2cc3[n+](cc2c1O)CCc1cc2c(cc1-3)OCO2.O=P([O-])(O)O. The zero-order valence-electron chi connectivity index (χ0n) is 15.4. The molecule has 2 aliphatic rings. The van der Waals surface area contributed by atoms with Crippen LogP contribution in [0.2, 0.25) is 0 Å². The standard InChI is InChI=1S/C19H15NO4.H3O4P/c1-22-16-3-2-11-6-15-13-8-18-17(23-10-24-18)7-12(13)4-5-20(15)9-14(11)19(16)21;1-5(2,3)4/h2-3,6-9H,4-5,10H2,1H3;(H3,1,2,3,4). The normalized spacial score (nSPS) is 13.9. The molecular formula is C19H18NO8P. The number of nitrogens with zero attached hydrogens (tertiary/aromatic N) is 1. The van der Waals surface area contributed by atoms with E-state index in [1.165, 1.54) is 5.56 Å². The van der Waals surface area contributed by atoms with Gasteiger partial charge in [-0.3, -0.25) is 4.57 Å². The molecule has 3 N–H and O–H groups in total. The lowest BCUT2D eigenvalue weighted by Gasteiger charge is -2.16. The van der Waals surface area contributed by atoms with Crippen molar-refractivity contribution < 1.29 is 43.1 Å². The van der Waals surface area contributed by atoms with Crippen molar-refractivity contribution in [2.45, 2.75) is 13.0 Å². The maximum atomic E-state index is 10.4. The smallest absolute Gasteiger partial charge is 0.262 e. The van der Waals surface area contributed by atoms with E-state index < -0.39 is 7.82 Å². The summed E-state index contributed by atoms with van der Waals surface area (Å²) < 4.78 is 27.2. The molecule has 1 aromatic heterocycles. The first kappa shape index (κ1) is 19.5. The van der Waals surface area contributed by atoms with E-state index in [-0.39, 0.29) is 12.5 Å². The second-order valence-corrected chi connectivity index (χ2v) is 7.56. The summed E-state index contributed by atoms with van der Waals surface area (Å²) in [5, 5.41) is 12.2. The predicted octanol–water partition coefficient (Wildman–Crippen LogP) is 1.23. The van der Waals surface area contributed by atoms with Crippen LogP contribution in [0.15, 0.2) is 36.5 Å². The first-order chi connectivity index (χ1) is 13.7. The Morgan fingerprint density at radius 1 is 1.17 bits per heavy atom. The zero-order chi connectivity index (χ0) is 20.8. The van der Waals surface area contributed by atoms with Gasteiger partial charge in [0, 0.05) is 12.5 Å². The number of aryl methyl sites for hydroxylation is 2. The minimum absolute atomic E-state index is 0.182. The number of phosphoric acid groups is 1. The van der Waals surface area contributed by atoms with E-state index in [2.05, 4.69) is 22.8 Å². The van der Waals surface area contributed by atoms with Crippen LogP contribution in [0.5, 0.6) is 23.0 Å². The van der Waals surface area contributed by atoms with Gasteiger partial charge in [0.25, 0.3) is 7.82 Å². The maximum absolute atomic E-state index is 10.4. The van der Waals surface area contributed by atoms with Crippen LogP contribution in [-0.4, -0.2) is 28.8 Å². The van der Waals surface area contributed by atoms with Crippen molar-refractivity contribution in [3.8, 4) is 34.3 Å². The van der Waals surface area contributed by atoms with Crippen molar-refractivity contribution in [2.24, 2.45) is 0 Å². The molecule has 0 radical (unpaired) electrons. The molecule has 0 spiro atoms. The Morgan fingerprint density at radius 3 is 2.55 bits per heavy atom. The quantitative estimate of drug-likeness (QED) is 0.396. The van der Waals surface area contributed by atoms with Gasteiger partial charge in [-0.05, 0) is 35.2 Å². The number of phenolic OH excluding ortho intramolecular Hbond substituents is 1. The number of hydrogen-bond acceptors (Lipinski definition) is 6. The van der Waals surface area contributed by atoms with Gasteiger partial charge in [-0.25, -0.2) is 0 Å². The van der Waals surface area contributed by atoms with E-state index in [1.807, 2.05) is 12.3 Å². The number of methoxy groups -OCH3 is 1. The number of pyridine rings is 1. The van der Waals surface area contributed by atoms with Gasteiger partial charge in [-0.1, -0.05) is 0 Å². The van der Waals surface area contributed by atoms with Crippen molar-refractivity contribution in [1.82, 2.24) is 0 Å². The highest BCUT2D eigenvalue weighted by Gasteiger charge is 2.28. The second kappa shape index (κ2) is 7.20. The van der Waals surface area contributed by atoms with Gasteiger partial charge in [0.15, 0.2) is 35.7 Å². The second-order valence-electron chi connectivity index (χ2n) is 6.57. The molecule has 3 aromatic rings. The van der Waals surface area contributed by atoms with Gasteiger partial charge in [0.2, 0.25) is 12.5 Å². The lowest BCUT2D eigenvalue weighted by molar-refractivity contribution is -0.686. The van der Waals surface area contributed by atoms with Crippen LogP contribution in [0.1, 0.15) is 5.56 Å². The van der Waals surface area contributed by atoms with Crippen LogP contribution < -0.4 is 23.7 Å². The van der Waals surface area contributed by atoms with Crippen molar-refractivity contribution in [3.63, 3.8) is 0 Å². The van der Waals surface area contributed by atoms with Gasteiger partial charge in [0.1, 0.15) is 0 Å². The number of hydrogen-bond donors (Lipinski definition) is 3. The summed E-state index contributed by atoms with van der Waals surface area (Å²) in [5.41, 5.74) is 3.53. The maximum Gasteiger partial charge on any atom is 0.262 e. The predicted molar refractivity (Wildman–Crippen MR) is 99.7 cm³/mol. The Morgan fingerprint density at radius 2 is 1.86 bits per heavy atom. The van der Waals surface area contributed by atoms with Crippen LogP contribution in [0.25, 0.3) is 22.0 Å². The van der Waals surface area contributed by atoms with Crippen LogP contribution in [0.4, 0.5) is 0 Å². The minimum Gasteiger partial charge on any atom is -0.756 e. The third-order valence-electron chi connectivity index (χ3n) is 4.82. The molecule has 0 fully saturated rings. The Hall–Kier alpha value is -2.84. The Bertz CT molecular complexity index is 1150. The lowest BCUT2D eigenvalue weighted by atomic mass is 9.95. The molecule has 10 heteroatoms. The van der Waals surface area contributed by atoms with Gasteiger partial charge in [-0.15, -0.1) is 0 Å². The largest absolute Gasteiger partial charge is 0.756 e. The van der Waals surface area contributed by atoms with Crippen LogP contribution in [0, 0.1) is 0 Å². The van der Waals surface area contributed by atoms with E-state index in [0.717, 1.165) is 46.5 Å². The zero-order valence-corrected chi connectivity index (χ0v) is 16.3. The molecule has 3 heterocycles. The Labute approximate surface area is 165 Å². The molecular weight excluding hydrogens is 401 g/mol. The summed E-state index contributed by atoms with van der Waals surface area (Å²) in [5.74, 6) is 2.29. The van der Waals surface area contributed by atoms with Crippen LogP contribution in [0.3, 0.4) is 0 Å². The fourth-order valence-electron chi connectivity index (χ4n) is 3.57. The summed E-state index contributed by atoms with van der Waals surface area (Å²) in [6, 6.07) is 10.00. The Kier molecular flexibility index (Phi) is 4.84. The number of aromatic hydroxyl groups is 1. The highest BCUT2D eigenvalue weighted by Crippen LogP contribution is 2.41. The van der Waals surface area contributed by atoms with Crippen LogP contribution in [-0.2, 0) is 17.5 Å². The van der Waals surface area contributed by atoms with E-state index >= 15 is 0 Å². The highest BCUT2D eigenvalue weighted by molar-refractivity contribution is 7.43. The number of rotatable bonds is 1. The van der Waals surface area contributed by atoms with E-state index in [9.17, 15) is 5.11 Å². The molecule has 29 heavy (non-hydrogen) atoms. The number of benzene rings is 2. The molecule has 5 rings (SSSR count). The van der Waals surface area contributed by atoms with Crippen LogP contribution >= 0.6 is 7.82 Å². The summed E-state index contributed by atoms with van der Waals surface area (Å²) >= 11 is 0. The monoisotopic (exact) mass is 419 g/mol. The first-order valence-corrected chi connectivity index (χ1v) is 10.2. The first-order valence-electron chi connectivity index (χ1n) is 8.67. The molecule has 0 saturated carbocycles. The number of ether oxygens (including phenoxy) is 3. The molecule has 0 unspecified atom stereocenters. The number of fused-ring (bicyclic) bond motifs is 5. The fourth-order valence-corrected chi connectivity index (χ4v) is 3.57. The molecule has 152 valence electrons. The molecule has 9 nitrogen and oxygen atoms in total. The molecule has 0 bridgehead atoms. The molecule has 0 amide bonds. The lowest BCUT2D eigenvalue weighted by Crippen LogP contribution is -2.39. The summed E-state index contributed by atoms with van der Waals surface area (Å²) in [6.45, 7) is 1.14. The number of aromatic nitrogens is 1. The highest BCUT2D eigenvalue weighted by atomic mass is 31.2. The van der Waals surface area contributed by atoms with Gasteiger partial charge in [-0.2, -0.15) is 4.57 Å². The van der Waals surface area contributed by atoms with Crippen molar-refractivity contribution >= 4 is 18.6 Å².